The van der Waals surface area contributed by atoms with Gasteiger partial charge in [0.05, 0.1) is 6.04 Å². The average Bonchev–Trinajstić information content (AvgIpc) is 2.96. The molecule has 0 bridgehead atoms. The number of ether oxygens (including phenoxy) is 1. The summed E-state index contributed by atoms with van der Waals surface area (Å²) in [7, 11) is 3.44. The lowest BCUT2D eigenvalue weighted by molar-refractivity contribution is -0.127. The van der Waals surface area contributed by atoms with Crippen LogP contribution in [0.3, 0.4) is 0 Å². The molecule has 1 rings (SSSR count). The molecule has 0 aromatic carbocycles. The highest BCUT2D eigenvalue weighted by atomic mass is 127. The third-order valence-corrected chi connectivity index (χ3v) is 4.27. The van der Waals surface area contributed by atoms with E-state index in [1.54, 1.807) is 25.9 Å². The van der Waals surface area contributed by atoms with Crippen LogP contribution in [0.25, 0.3) is 0 Å². The first-order valence-corrected chi connectivity index (χ1v) is 10.2. The number of carbonyl (C=O) groups excluding carboxylic acids is 2. The number of nitrogens with zero attached hydrogens (tertiary/aromatic N) is 3. The molecule has 27 heavy (non-hydrogen) atoms. The van der Waals surface area contributed by atoms with E-state index in [0.29, 0.717) is 12.5 Å². The van der Waals surface area contributed by atoms with Gasteiger partial charge in [-0.15, -0.1) is 24.0 Å². The minimum Gasteiger partial charge on any atom is -0.444 e. The van der Waals surface area contributed by atoms with Crippen molar-refractivity contribution >= 4 is 53.7 Å². The topological polar surface area (TPSA) is 86.3 Å². The Hall–Kier alpha value is -0.910. The fraction of sp³-hybridized carbons (Fsp3) is 0.824. The molecule has 0 spiro atoms. The Kier molecular flexibility index (Phi) is 12.1. The van der Waals surface area contributed by atoms with Gasteiger partial charge in [-0.05, 0) is 33.4 Å². The van der Waals surface area contributed by atoms with Gasteiger partial charge in [-0.3, -0.25) is 4.79 Å². The zero-order valence-corrected chi connectivity index (χ0v) is 20.3. The molecule has 10 heteroatoms. The smallest absolute Gasteiger partial charge is 0.407 e. The molecule has 2 N–H and O–H groups in total. The lowest BCUT2D eigenvalue weighted by atomic mass is 10.2. The molecule has 2 amide bonds. The number of nitrogens with one attached hydrogen (secondary N) is 2. The Morgan fingerprint density at radius 1 is 1.33 bits per heavy atom. The Labute approximate surface area is 184 Å². The first kappa shape index (κ1) is 26.1. The van der Waals surface area contributed by atoms with Crippen molar-refractivity contribution in [1.82, 2.24) is 20.4 Å². The molecule has 1 atom stereocenters. The second-order valence-corrected chi connectivity index (χ2v) is 8.41. The summed E-state index contributed by atoms with van der Waals surface area (Å²) in [6.07, 6.45) is 2.45. The number of alkyl carbamates (subject to hydrolysis) is 1. The number of amides is 2. The normalized spacial score (nSPS) is 17.2. The number of halogens is 1. The van der Waals surface area contributed by atoms with Crippen molar-refractivity contribution in [3.05, 3.63) is 0 Å². The number of guanidine groups is 1. The van der Waals surface area contributed by atoms with Crippen LogP contribution in [0, 0.1) is 0 Å². The lowest BCUT2D eigenvalue weighted by Gasteiger charge is -2.24. The van der Waals surface area contributed by atoms with Gasteiger partial charge in [-0.2, -0.15) is 11.8 Å². The van der Waals surface area contributed by atoms with E-state index in [1.165, 1.54) is 4.90 Å². The van der Waals surface area contributed by atoms with Crippen LogP contribution >= 0.6 is 35.7 Å². The van der Waals surface area contributed by atoms with Gasteiger partial charge in [0, 0.05) is 39.5 Å². The van der Waals surface area contributed by atoms with Gasteiger partial charge in [0.15, 0.2) is 5.96 Å². The maximum Gasteiger partial charge on any atom is 0.407 e. The summed E-state index contributed by atoms with van der Waals surface area (Å²) in [6.45, 7) is 7.81. The highest BCUT2D eigenvalue weighted by molar-refractivity contribution is 14.0. The number of aliphatic imine (C=N–C) groups is 1. The number of likely N-dealkylation sites (N-methyl/N-ethyl adjacent to an activating group) is 1. The molecular weight excluding hydrogens is 481 g/mol. The Morgan fingerprint density at radius 3 is 2.56 bits per heavy atom. The standard InChI is InChI=1S/C17H33N5O3S.HI/c1-17(2,3)25-16(24)20-13-7-9-22(12-13)15(18-8-10-26-6)19-11-14(23)21(4)5;/h13H,7-12H2,1-6H3,(H,18,19)(H,20,24);1H. The van der Waals surface area contributed by atoms with Gasteiger partial charge in [0.1, 0.15) is 12.1 Å². The largest absolute Gasteiger partial charge is 0.444 e. The lowest BCUT2D eigenvalue weighted by Crippen LogP contribution is -2.45. The molecule has 1 unspecified atom stereocenters. The summed E-state index contributed by atoms with van der Waals surface area (Å²) >= 11 is 1.74. The SMILES string of the molecule is CSCCNC(=NCC(=O)N(C)C)N1CCC(NC(=O)OC(C)(C)C)C1.I. The molecule has 1 saturated heterocycles. The summed E-state index contributed by atoms with van der Waals surface area (Å²) < 4.78 is 5.31. The molecule has 158 valence electrons. The molecule has 0 aromatic heterocycles. The summed E-state index contributed by atoms with van der Waals surface area (Å²) in [5.41, 5.74) is -0.513. The molecule has 0 aliphatic carbocycles. The highest BCUT2D eigenvalue weighted by Crippen LogP contribution is 2.12. The molecule has 1 aliphatic rings. The van der Waals surface area contributed by atoms with Crippen LogP contribution in [0.1, 0.15) is 27.2 Å². The van der Waals surface area contributed by atoms with E-state index in [4.69, 9.17) is 4.74 Å². The molecule has 8 nitrogen and oxygen atoms in total. The third-order valence-electron chi connectivity index (χ3n) is 3.66. The van der Waals surface area contributed by atoms with Gasteiger partial charge in [-0.1, -0.05) is 0 Å². The van der Waals surface area contributed by atoms with Gasteiger partial charge < -0.3 is 25.2 Å². The summed E-state index contributed by atoms with van der Waals surface area (Å²) in [6, 6.07) is 0.00181. The van der Waals surface area contributed by atoms with Crippen LogP contribution in [0.15, 0.2) is 4.99 Å². The van der Waals surface area contributed by atoms with E-state index in [1.807, 2.05) is 27.0 Å². The fourth-order valence-electron chi connectivity index (χ4n) is 2.36. The molecule has 1 heterocycles. The zero-order chi connectivity index (χ0) is 19.7. The quantitative estimate of drug-likeness (QED) is 0.242. The number of hydrogen-bond acceptors (Lipinski definition) is 5. The van der Waals surface area contributed by atoms with Gasteiger partial charge >= 0.3 is 6.09 Å². The first-order chi connectivity index (χ1) is 12.1. The van der Waals surface area contributed by atoms with Crippen LogP contribution in [0.4, 0.5) is 4.79 Å². The molecule has 1 aliphatic heterocycles. The number of rotatable bonds is 6. The summed E-state index contributed by atoms with van der Waals surface area (Å²) in [5, 5.41) is 6.22. The van der Waals surface area contributed by atoms with E-state index in [0.717, 1.165) is 25.3 Å². The van der Waals surface area contributed by atoms with Crippen molar-refractivity contribution in [2.24, 2.45) is 4.99 Å². The van der Waals surface area contributed by atoms with Crippen molar-refractivity contribution in [2.75, 3.05) is 52.3 Å². The molecule has 0 aromatic rings. The number of thioether (sulfide) groups is 1. The van der Waals surface area contributed by atoms with Crippen LogP contribution in [-0.4, -0.2) is 91.7 Å². The molecule has 1 fully saturated rings. The monoisotopic (exact) mass is 515 g/mol. The van der Waals surface area contributed by atoms with Crippen molar-refractivity contribution < 1.29 is 14.3 Å². The minimum absolute atomic E-state index is 0. The van der Waals surface area contributed by atoms with Crippen molar-refractivity contribution in [3.8, 4) is 0 Å². The zero-order valence-electron chi connectivity index (χ0n) is 17.2. The van der Waals surface area contributed by atoms with E-state index in [2.05, 4.69) is 20.5 Å². The van der Waals surface area contributed by atoms with Crippen LogP contribution in [-0.2, 0) is 9.53 Å². The van der Waals surface area contributed by atoms with Gasteiger partial charge in [-0.25, -0.2) is 9.79 Å². The van der Waals surface area contributed by atoms with Crippen molar-refractivity contribution in [2.45, 2.75) is 38.8 Å². The van der Waals surface area contributed by atoms with Crippen LogP contribution < -0.4 is 10.6 Å². The van der Waals surface area contributed by atoms with E-state index in [-0.39, 0.29) is 42.5 Å². The second-order valence-electron chi connectivity index (χ2n) is 7.43. The molecule has 0 radical (unpaired) electrons. The molecular formula is C17H34IN5O3S. The summed E-state index contributed by atoms with van der Waals surface area (Å²) in [4.78, 5) is 31.8. The highest BCUT2D eigenvalue weighted by Gasteiger charge is 2.28. The van der Waals surface area contributed by atoms with Gasteiger partial charge in [0.25, 0.3) is 0 Å². The predicted molar refractivity (Wildman–Crippen MR) is 122 cm³/mol. The third kappa shape index (κ3) is 10.9. The van der Waals surface area contributed by atoms with E-state index in [9.17, 15) is 9.59 Å². The summed E-state index contributed by atoms with van der Waals surface area (Å²) in [5.74, 6) is 1.62. The first-order valence-electron chi connectivity index (χ1n) is 8.84. The average molecular weight is 515 g/mol. The van der Waals surface area contributed by atoms with Crippen molar-refractivity contribution in [1.29, 1.82) is 0 Å². The molecule has 0 saturated carbocycles. The number of likely N-dealkylation sites (tertiary alicyclic amines) is 1. The van der Waals surface area contributed by atoms with Crippen molar-refractivity contribution in [3.63, 3.8) is 0 Å². The number of carbonyl (C=O) groups is 2. The van der Waals surface area contributed by atoms with E-state index < -0.39 is 11.7 Å². The maximum absolute atomic E-state index is 11.9. The van der Waals surface area contributed by atoms with E-state index >= 15 is 0 Å². The maximum atomic E-state index is 11.9. The van der Waals surface area contributed by atoms with Crippen LogP contribution in [0.5, 0.6) is 0 Å². The predicted octanol–water partition coefficient (Wildman–Crippen LogP) is 1.60. The number of hydrogen-bond donors (Lipinski definition) is 2. The minimum atomic E-state index is -0.513. The Bertz CT molecular complexity index is 511. The fourth-order valence-corrected chi connectivity index (χ4v) is 2.67. The second kappa shape index (κ2) is 12.5. The Morgan fingerprint density at radius 2 is 2.00 bits per heavy atom. The Balaban J connectivity index is 0.00000676. The van der Waals surface area contributed by atoms with Gasteiger partial charge in [0.2, 0.25) is 5.91 Å². The van der Waals surface area contributed by atoms with Crippen LogP contribution in [0.2, 0.25) is 0 Å².